The first-order valence-electron chi connectivity index (χ1n) is 5.03. The molecule has 2 N–H and O–H groups in total. The third-order valence-corrected chi connectivity index (χ3v) is 2.47. The number of benzene rings is 1. The van der Waals surface area contributed by atoms with Crippen LogP contribution in [0.2, 0.25) is 0 Å². The van der Waals surface area contributed by atoms with Gasteiger partial charge >= 0.3 is 0 Å². The highest BCUT2D eigenvalue weighted by atomic mass is 16.6. The lowest BCUT2D eigenvalue weighted by Crippen LogP contribution is -2.20. The fourth-order valence-electron chi connectivity index (χ4n) is 1.35. The van der Waals surface area contributed by atoms with Crippen molar-refractivity contribution in [3.8, 4) is 0 Å². The minimum Gasteiger partial charge on any atom is -0.369 e. The molecule has 1 aromatic carbocycles. The molecule has 0 spiro atoms. The van der Waals surface area contributed by atoms with E-state index in [1.807, 2.05) is 0 Å². The van der Waals surface area contributed by atoms with Crippen molar-refractivity contribution in [1.29, 1.82) is 0 Å². The quantitative estimate of drug-likeness (QED) is 0.607. The minimum atomic E-state index is -0.430. The largest absolute Gasteiger partial charge is 0.369 e. The van der Waals surface area contributed by atoms with Gasteiger partial charge < -0.3 is 5.73 Å². The van der Waals surface area contributed by atoms with E-state index in [4.69, 9.17) is 5.73 Å². The number of non-ortho nitro benzene ring substituents is 1. The van der Waals surface area contributed by atoms with Crippen molar-refractivity contribution in [3.63, 3.8) is 0 Å². The predicted molar refractivity (Wildman–Crippen MR) is 59.8 cm³/mol. The summed E-state index contributed by atoms with van der Waals surface area (Å²) in [7, 11) is 0. The monoisotopic (exact) mass is 222 g/mol. The van der Waals surface area contributed by atoms with Crippen LogP contribution in [-0.2, 0) is 11.2 Å². The fourth-order valence-corrected chi connectivity index (χ4v) is 1.35. The number of nitrogens with two attached hydrogens (primary N) is 1. The average Bonchev–Trinajstić information content (AvgIpc) is 2.26. The van der Waals surface area contributed by atoms with E-state index in [9.17, 15) is 14.9 Å². The maximum Gasteiger partial charge on any atom is 0.269 e. The first kappa shape index (κ1) is 12.2. The molecule has 1 aromatic rings. The Labute approximate surface area is 93.4 Å². The number of aryl methyl sites for hydroxylation is 1. The molecule has 0 heterocycles. The van der Waals surface area contributed by atoms with Gasteiger partial charge in [0.2, 0.25) is 5.91 Å². The van der Waals surface area contributed by atoms with Gasteiger partial charge in [-0.2, -0.15) is 0 Å². The number of nitro groups is 1. The molecule has 16 heavy (non-hydrogen) atoms. The highest BCUT2D eigenvalue weighted by Crippen LogP contribution is 2.16. The molecule has 0 saturated carbocycles. The molecule has 0 aromatic heterocycles. The van der Waals surface area contributed by atoms with Gasteiger partial charge in [0.25, 0.3) is 5.69 Å². The van der Waals surface area contributed by atoms with Gasteiger partial charge in [-0.15, -0.1) is 0 Å². The van der Waals surface area contributed by atoms with Crippen molar-refractivity contribution in [2.75, 3.05) is 0 Å². The Balaban J connectivity index is 2.64. The van der Waals surface area contributed by atoms with Gasteiger partial charge in [-0.25, -0.2) is 0 Å². The third kappa shape index (κ3) is 3.34. The van der Waals surface area contributed by atoms with Gasteiger partial charge in [0.15, 0.2) is 0 Å². The summed E-state index contributed by atoms with van der Waals surface area (Å²) < 4.78 is 0. The zero-order chi connectivity index (χ0) is 12.1. The zero-order valence-electron chi connectivity index (χ0n) is 9.05. The summed E-state index contributed by atoms with van der Waals surface area (Å²) in [5.74, 6) is -0.551. The van der Waals surface area contributed by atoms with Gasteiger partial charge in [-0.3, -0.25) is 14.9 Å². The predicted octanol–water partition coefficient (Wildman–Crippen LogP) is 1.65. The summed E-state index contributed by atoms with van der Waals surface area (Å²) in [4.78, 5) is 20.9. The molecule has 5 nitrogen and oxygen atoms in total. The zero-order valence-corrected chi connectivity index (χ0v) is 9.05. The molecule has 1 atom stereocenters. The van der Waals surface area contributed by atoms with Crippen LogP contribution in [0.1, 0.15) is 18.9 Å². The van der Waals surface area contributed by atoms with Crippen molar-refractivity contribution < 1.29 is 9.72 Å². The van der Waals surface area contributed by atoms with Crippen LogP contribution in [0.5, 0.6) is 0 Å². The molecule has 86 valence electrons. The number of hydrogen-bond donors (Lipinski definition) is 1. The van der Waals surface area contributed by atoms with E-state index in [0.29, 0.717) is 12.8 Å². The van der Waals surface area contributed by atoms with E-state index < -0.39 is 4.92 Å². The smallest absolute Gasteiger partial charge is 0.269 e. The number of nitrogens with zero attached hydrogens (tertiary/aromatic N) is 1. The molecule has 0 saturated heterocycles. The van der Waals surface area contributed by atoms with Crippen molar-refractivity contribution >= 4 is 11.6 Å². The van der Waals surface area contributed by atoms with Gasteiger partial charge in [0.1, 0.15) is 0 Å². The second-order valence-electron chi connectivity index (χ2n) is 3.77. The van der Waals surface area contributed by atoms with E-state index in [1.54, 1.807) is 19.1 Å². The number of amides is 1. The first-order chi connectivity index (χ1) is 7.50. The Morgan fingerprint density at radius 2 is 2.25 bits per heavy atom. The van der Waals surface area contributed by atoms with Crippen molar-refractivity contribution in [3.05, 3.63) is 39.9 Å². The standard InChI is InChI=1S/C11H14N2O3/c1-8(11(12)14)5-6-9-3-2-4-10(7-9)13(15)16/h2-4,7-8H,5-6H2,1H3,(H2,12,14). The van der Waals surface area contributed by atoms with Crippen LogP contribution in [0, 0.1) is 16.0 Å². The van der Waals surface area contributed by atoms with Gasteiger partial charge in [0.05, 0.1) is 4.92 Å². The number of primary amides is 1. The molecule has 0 aliphatic carbocycles. The Bertz CT molecular complexity index is 404. The second kappa shape index (κ2) is 5.25. The topological polar surface area (TPSA) is 86.2 Å². The van der Waals surface area contributed by atoms with E-state index in [1.165, 1.54) is 12.1 Å². The molecule has 1 rings (SSSR count). The minimum absolute atomic E-state index is 0.0734. The van der Waals surface area contributed by atoms with Gasteiger partial charge in [-0.05, 0) is 18.4 Å². The number of carbonyl (C=O) groups excluding carboxylic acids is 1. The van der Waals surface area contributed by atoms with E-state index in [-0.39, 0.29) is 17.5 Å². The van der Waals surface area contributed by atoms with Crippen LogP contribution in [0.3, 0.4) is 0 Å². The lowest BCUT2D eigenvalue weighted by Gasteiger charge is -2.06. The fraction of sp³-hybridized carbons (Fsp3) is 0.364. The number of hydrogen-bond acceptors (Lipinski definition) is 3. The Kier molecular flexibility index (Phi) is 3.99. The lowest BCUT2D eigenvalue weighted by atomic mass is 10.0. The first-order valence-corrected chi connectivity index (χ1v) is 5.03. The number of nitro benzene ring substituents is 1. The van der Waals surface area contributed by atoms with Crippen molar-refractivity contribution in [2.45, 2.75) is 19.8 Å². The Morgan fingerprint density at radius 3 is 2.81 bits per heavy atom. The summed E-state index contributed by atoms with van der Waals surface area (Å²) in [6.45, 7) is 1.75. The van der Waals surface area contributed by atoms with Gasteiger partial charge in [0, 0.05) is 18.1 Å². The summed E-state index contributed by atoms with van der Waals surface area (Å²) >= 11 is 0. The lowest BCUT2D eigenvalue weighted by molar-refractivity contribution is -0.384. The maximum atomic E-state index is 10.8. The molecule has 1 amide bonds. The summed E-state index contributed by atoms with van der Waals surface area (Å²) in [5, 5.41) is 10.5. The number of carbonyl (C=O) groups is 1. The van der Waals surface area contributed by atoms with Crippen LogP contribution in [0.4, 0.5) is 5.69 Å². The van der Waals surface area contributed by atoms with Crippen LogP contribution < -0.4 is 5.73 Å². The molecule has 0 aliphatic heterocycles. The normalized spacial score (nSPS) is 12.1. The summed E-state index contributed by atoms with van der Waals surface area (Å²) in [5.41, 5.74) is 6.05. The summed E-state index contributed by atoms with van der Waals surface area (Å²) in [6.07, 6.45) is 1.22. The highest BCUT2D eigenvalue weighted by molar-refractivity contribution is 5.76. The molecule has 0 aliphatic rings. The molecule has 0 bridgehead atoms. The van der Waals surface area contributed by atoms with E-state index in [0.717, 1.165) is 5.56 Å². The van der Waals surface area contributed by atoms with Crippen molar-refractivity contribution in [2.24, 2.45) is 11.7 Å². The molecule has 1 unspecified atom stereocenters. The third-order valence-electron chi connectivity index (χ3n) is 2.47. The van der Waals surface area contributed by atoms with E-state index >= 15 is 0 Å². The molecule has 0 fully saturated rings. The SMILES string of the molecule is CC(CCc1cccc([N+](=O)[O-])c1)C(N)=O. The highest BCUT2D eigenvalue weighted by Gasteiger charge is 2.10. The van der Waals surface area contributed by atoms with Crippen molar-refractivity contribution in [1.82, 2.24) is 0 Å². The maximum absolute atomic E-state index is 10.8. The van der Waals surface area contributed by atoms with Gasteiger partial charge in [-0.1, -0.05) is 19.1 Å². The Morgan fingerprint density at radius 1 is 1.56 bits per heavy atom. The molecular formula is C11H14N2O3. The van der Waals surface area contributed by atoms with Crippen LogP contribution in [-0.4, -0.2) is 10.8 Å². The van der Waals surface area contributed by atoms with Crippen LogP contribution in [0.25, 0.3) is 0 Å². The summed E-state index contributed by atoms with van der Waals surface area (Å²) in [6, 6.07) is 6.41. The average molecular weight is 222 g/mol. The van der Waals surface area contributed by atoms with E-state index in [2.05, 4.69) is 0 Å². The Hall–Kier alpha value is -1.91. The van der Waals surface area contributed by atoms with Crippen LogP contribution >= 0.6 is 0 Å². The number of rotatable bonds is 5. The molecule has 0 radical (unpaired) electrons. The molecular weight excluding hydrogens is 208 g/mol. The van der Waals surface area contributed by atoms with Crippen LogP contribution in [0.15, 0.2) is 24.3 Å². The second-order valence-corrected chi connectivity index (χ2v) is 3.77. The molecule has 5 heteroatoms.